The Morgan fingerprint density at radius 1 is 1.55 bits per heavy atom. The van der Waals surface area contributed by atoms with Gasteiger partial charge >= 0.3 is 0 Å². The maximum Gasteiger partial charge on any atom is 0.293 e. The van der Waals surface area contributed by atoms with E-state index in [0.717, 1.165) is 6.07 Å². The Morgan fingerprint density at radius 2 is 2.25 bits per heavy atom. The van der Waals surface area contributed by atoms with Gasteiger partial charge in [-0.25, -0.2) is 4.39 Å². The molecule has 0 aliphatic carbocycles. The lowest BCUT2D eigenvalue weighted by atomic mass is 10.1. The molecule has 1 aliphatic heterocycles. The highest BCUT2D eigenvalue weighted by molar-refractivity contribution is 14.1. The Labute approximate surface area is 128 Å². The number of nitro benzene ring substituents is 1. The second-order valence-electron chi connectivity index (χ2n) is 4.69. The smallest absolute Gasteiger partial charge is 0.293 e. The normalized spacial score (nSPS) is 19.1. The Bertz CT molecular complexity index is 567. The fraction of sp³-hybridized carbons (Fsp3) is 0.417. The summed E-state index contributed by atoms with van der Waals surface area (Å²) in [6.45, 7) is 0.448. The van der Waals surface area contributed by atoms with E-state index in [0.29, 0.717) is 19.4 Å². The maximum atomic E-state index is 13.6. The van der Waals surface area contributed by atoms with Gasteiger partial charge in [0.15, 0.2) is 0 Å². The number of nitro groups is 1. The summed E-state index contributed by atoms with van der Waals surface area (Å²) in [4.78, 5) is 23.4. The van der Waals surface area contributed by atoms with E-state index >= 15 is 0 Å². The average Bonchev–Trinajstić information content (AvgIpc) is 2.37. The van der Waals surface area contributed by atoms with E-state index in [2.05, 4.69) is 5.32 Å². The molecule has 8 heteroatoms. The summed E-state index contributed by atoms with van der Waals surface area (Å²) in [5.74, 6) is -0.453. The van der Waals surface area contributed by atoms with Crippen LogP contribution < -0.4 is 5.32 Å². The van der Waals surface area contributed by atoms with Gasteiger partial charge in [-0.1, -0.05) is 0 Å². The summed E-state index contributed by atoms with van der Waals surface area (Å²) >= 11 is 1.72. The molecule has 2 rings (SSSR count). The van der Waals surface area contributed by atoms with Gasteiger partial charge in [-0.05, 0) is 29.0 Å². The summed E-state index contributed by atoms with van der Waals surface area (Å²) in [7, 11) is 1.68. The van der Waals surface area contributed by atoms with Gasteiger partial charge in [0.1, 0.15) is 11.5 Å². The van der Waals surface area contributed by atoms with Crippen LogP contribution in [0.5, 0.6) is 0 Å². The number of likely N-dealkylation sites (N-methyl/N-ethyl adjacent to an activating group) is 1. The molecule has 0 radical (unpaired) electrons. The fourth-order valence-electron chi connectivity index (χ4n) is 2.15. The van der Waals surface area contributed by atoms with E-state index in [1.807, 2.05) is 0 Å². The number of halogens is 2. The van der Waals surface area contributed by atoms with E-state index in [1.165, 1.54) is 6.07 Å². The molecule has 0 bridgehead atoms. The van der Waals surface area contributed by atoms with Crippen molar-refractivity contribution < 1.29 is 14.1 Å². The minimum atomic E-state index is -0.540. The molecule has 1 amide bonds. The third-order valence-corrected chi connectivity index (χ3v) is 4.05. The number of nitrogens with one attached hydrogen (secondary N) is 1. The van der Waals surface area contributed by atoms with Crippen molar-refractivity contribution in [3.05, 3.63) is 31.6 Å². The van der Waals surface area contributed by atoms with Gasteiger partial charge in [0.2, 0.25) is 5.91 Å². The minimum absolute atomic E-state index is 0.0475. The molecule has 1 saturated heterocycles. The molecule has 1 heterocycles. The number of likely N-dealkylation sites (tertiary alicyclic amines) is 1. The first kappa shape index (κ1) is 14.9. The predicted octanol–water partition coefficient (Wildman–Crippen LogP) is 2.37. The quantitative estimate of drug-likeness (QED) is 0.486. The van der Waals surface area contributed by atoms with Crippen LogP contribution in [0.3, 0.4) is 0 Å². The van der Waals surface area contributed by atoms with Crippen LogP contribution in [-0.2, 0) is 4.79 Å². The maximum absolute atomic E-state index is 13.6. The standard InChI is InChI=1S/C12H13FIN3O3/c1-16-6-7(2-3-12(16)18)15-10-4-8(13)9(14)5-11(10)17(19)20/h4-5,7,15H,2-3,6H2,1H3. The molecule has 1 aromatic carbocycles. The first-order valence-corrected chi connectivity index (χ1v) is 7.10. The zero-order chi connectivity index (χ0) is 14.9. The lowest BCUT2D eigenvalue weighted by Crippen LogP contribution is -2.43. The third kappa shape index (κ3) is 3.17. The molecule has 1 aromatic rings. The van der Waals surface area contributed by atoms with E-state index in [-0.39, 0.29) is 26.9 Å². The molecular formula is C12H13FIN3O3. The highest BCUT2D eigenvalue weighted by atomic mass is 127. The van der Waals surface area contributed by atoms with E-state index in [9.17, 15) is 19.3 Å². The Kier molecular flexibility index (Phi) is 4.41. The van der Waals surface area contributed by atoms with Gasteiger partial charge in [0.25, 0.3) is 5.69 Å². The van der Waals surface area contributed by atoms with Gasteiger partial charge in [-0.3, -0.25) is 14.9 Å². The SMILES string of the molecule is CN1CC(Nc2cc(F)c(I)cc2[N+](=O)[O-])CCC1=O. The third-order valence-electron chi connectivity index (χ3n) is 3.22. The number of benzene rings is 1. The molecule has 0 spiro atoms. The summed E-state index contributed by atoms with van der Waals surface area (Å²) in [6.07, 6.45) is 0.961. The first-order chi connectivity index (χ1) is 9.38. The van der Waals surface area contributed by atoms with Gasteiger partial charge in [0.05, 0.1) is 8.49 Å². The fourth-order valence-corrected chi connectivity index (χ4v) is 2.60. The van der Waals surface area contributed by atoms with Crippen LogP contribution >= 0.6 is 22.6 Å². The van der Waals surface area contributed by atoms with Crippen molar-refractivity contribution in [1.82, 2.24) is 4.90 Å². The van der Waals surface area contributed by atoms with Crippen LogP contribution in [0.2, 0.25) is 0 Å². The van der Waals surface area contributed by atoms with Crippen LogP contribution in [-0.4, -0.2) is 35.4 Å². The molecule has 1 N–H and O–H groups in total. The largest absolute Gasteiger partial charge is 0.375 e. The van der Waals surface area contributed by atoms with Crippen LogP contribution in [0.25, 0.3) is 0 Å². The number of hydrogen-bond acceptors (Lipinski definition) is 4. The number of amides is 1. The van der Waals surface area contributed by atoms with Crippen LogP contribution in [0.15, 0.2) is 12.1 Å². The first-order valence-electron chi connectivity index (χ1n) is 6.02. The number of carbonyl (C=O) groups is 1. The highest BCUT2D eigenvalue weighted by Gasteiger charge is 2.25. The molecule has 1 atom stereocenters. The van der Waals surface area contributed by atoms with Crippen molar-refractivity contribution in [2.45, 2.75) is 18.9 Å². The Morgan fingerprint density at radius 3 is 2.85 bits per heavy atom. The number of anilines is 1. The van der Waals surface area contributed by atoms with Crippen molar-refractivity contribution in [3.63, 3.8) is 0 Å². The van der Waals surface area contributed by atoms with Crippen LogP contribution in [0.1, 0.15) is 12.8 Å². The summed E-state index contributed by atoms with van der Waals surface area (Å²) in [6, 6.07) is 2.22. The van der Waals surface area contributed by atoms with Crippen molar-refractivity contribution in [3.8, 4) is 0 Å². The van der Waals surface area contributed by atoms with Crippen molar-refractivity contribution in [1.29, 1.82) is 0 Å². The Balaban J connectivity index is 2.22. The van der Waals surface area contributed by atoms with Crippen LogP contribution in [0, 0.1) is 19.5 Å². The molecule has 1 unspecified atom stereocenters. The molecule has 0 saturated carbocycles. The van der Waals surface area contributed by atoms with Gasteiger partial charge in [-0.2, -0.15) is 0 Å². The monoisotopic (exact) mass is 393 g/mol. The summed E-state index contributed by atoms with van der Waals surface area (Å²) < 4.78 is 13.8. The number of hydrogen-bond donors (Lipinski definition) is 1. The van der Waals surface area contributed by atoms with Gasteiger partial charge in [0, 0.05) is 38.2 Å². The average molecular weight is 393 g/mol. The molecule has 1 aliphatic rings. The summed E-state index contributed by atoms with van der Waals surface area (Å²) in [5.41, 5.74) is -0.00369. The van der Waals surface area contributed by atoms with Crippen molar-refractivity contribution in [2.75, 3.05) is 18.9 Å². The van der Waals surface area contributed by atoms with Crippen molar-refractivity contribution in [2.24, 2.45) is 0 Å². The lowest BCUT2D eigenvalue weighted by molar-refractivity contribution is -0.384. The molecule has 6 nitrogen and oxygen atoms in total. The molecule has 20 heavy (non-hydrogen) atoms. The molecular weight excluding hydrogens is 380 g/mol. The Hall–Kier alpha value is -1.45. The topological polar surface area (TPSA) is 75.5 Å². The van der Waals surface area contributed by atoms with Crippen LogP contribution in [0.4, 0.5) is 15.8 Å². The number of nitrogens with zero attached hydrogens (tertiary/aromatic N) is 2. The molecule has 0 aromatic heterocycles. The van der Waals surface area contributed by atoms with E-state index < -0.39 is 10.7 Å². The van der Waals surface area contributed by atoms with E-state index in [1.54, 1.807) is 34.5 Å². The number of rotatable bonds is 3. The molecule has 108 valence electrons. The molecule has 1 fully saturated rings. The van der Waals surface area contributed by atoms with Crippen molar-refractivity contribution >= 4 is 39.9 Å². The zero-order valence-corrected chi connectivity index (χ0v) is 12.9. The zero-order valence-electron chi connectivity index (χ0n) is 10.7. The minimum Gasteiger partial charge on any atom is -0.375 e. The second kappa shape index (κ2) is 5.90. The van der Waals surface area contributed by atoms with Gasteiger partial charge in [-0.15, -0.1) is 0 Å². The van der Waals surface area contributed by atoms with Gasteiger partial charge < -0.3 is 10.2 Å². The number of carbonyl (C=O) groups excluding carboxylic acids is 1. The van der Waals surface area contributed by atoms with E-state index in [4.69, 9.17) is 0 Å². The lowest BCUT2D eigenvalue weighted by Gasteiger charge is -2.30. The predicted molar refractivity (Wildman–Crippen MR) is 80.1 cm³/mol. The highest BCUT2D eigenvalue weighted by Crippen LogP contribution is 2.30. The number of piperidine rings is 1. The summed E-state index contributed by atoms with van der Waals surface area (Å²) in [5, 5.41) is 14.0. The second-order valence-corrected chi connectivity index (χ2v) is 5.86.